The highest BCUT2D eigenvalue weighted by Crippen LogP contribution is 2.25. The summed E-state index contributed by atoms with van der Waals surface area (Å²) in [5, 5.41) is 3.44. The summed E-state index contributed by atoms with van der Waals surface area (Å²) >= 11 is 0. The first-order valence-electron chi connectivity index (χ1n) is 8.48. The highest BCUT2D eigenvalue weighted by molar-refractivity contribution is 5.64. The van der Waals surface area contributed by atoms with Gasteiger partial charge in [0.1, 0.15) is 17.4 Å². The Bertz CT molecular complexity index is 878. The van der Waals surface area contributed by atoms with Crippen molar-refractivity contribution in [1.29, 1.82) is 0 Å². The van der Waals surface area contributed by atoms with Gasteiger partial charge in [-0.25, -0.2) is 8.78 Å². The van der Waals surface area contributed by atoms with E-state index in [4.69, 9.17) is 4.74 Å². The summed E-state index contributed by atoms with van der Waals surface area (Å²) in [5.41, 5.74) is 3.20. The van der Waals surface area contributed by atoms with Crippen LogP contribution in [0.1, 0.15) is 24.1 Å². The van der Waals surface area contributed by atoms with E-state index in [1.54, 1.807) is 31.4 Å². The zero-order valence-electron chi connectivity index (χ0n) is 14.8. The zero-order chi connectivity index (χ0) is 18.5. The van der Waals surface area contributed by atoms with E-state index in [-0.39, 0.29) is 17.7 Å². The van der Waals surface area contributed by atoms with Crippen molar-refractivity contribution < 1.29 is 13.5 Å². The van der Waals surface area contributed by atoms with Crippen LogP contribution in [0.25, 0.3) is 11.1 Å². The maximum absolute atomic E-state index is 14.2. The molecule has 3 rings (SSSR count). The van der Waals surface area contributed by atoms with Gasteiger partial charge in [0, 0.05) is 18.2 Å². The van der Waals surface area contributed by atoms with Gasteiger partial charge in [-0.15, -0.1) is 0 Å². The lowest BCUT2D eigenvalue weighted by Crippen LogP contribution is -2.18. The molecule has 0 aliphatic heterocycles. The van der Waals surface area contributed by atoms with E-state index in [2.05, 4.69) is 12.2 Å². The minimum atomic E-state index is -0.334. The molecule has 0 bridgehead atoms. The molecule has 134 valence electrons. The molecule has 0 saturated heterocycles. The molecule has 1 atom stereocenters. The topological polar surface area (TPSA) is 21.3 Å². The summed E-state index contributed by atoms with van der Waals surface area (Å²) in [6, 6.07) is 18.9. The Kier molecular flexibility index (Phi) is 5.64. The van der Waals surface area contributed by atoms with Crippen molar-refractivity contribution in [1.82, 2.24) is 5.32 Å². The van der Waals surface area contributed by atoms with Crippen molar-refractivity contribution in [2.45, 2.75) is 19.5 Å². The van der Waals surface area contributed by atoms with Crippen molar-refractivity contribution in [3.8, 4) is 16.9 Å². The summed E-state index contributed by atoms with van der Waals surface area (Å²) in [7, 11) is 1.65. The average Bonchev–Trinajstić information content (AvgIpc) is 2.68. The molecule has 4 heteroatoms. The van der Waals surface area contributed by atoms with Crippen LogP contribution in [0.5, 0.6) is 5.75 Å². The van der Waals surface area contributed by atoms with Gasteiger partial charge in [0.05, 0.1) is 7.11 Å². The van der Waals surface area contributed by atoms with E-state index in [1.807, 2.05) is 24.3 Å². The van der Waals surface area contributed by atoms with E-state index in [0.29, 0.717) is 17.7 Å². The summed E-state index contributed by atoms with van der Waals surface area (Å²) in [6.45, 7) is 2.66. The number of rotatable bonds is 6. The molecule has 0 aliphatic rings. The Morgan fingerprint density at radius 2 is 1.73 bits per heavy atom. The molecule has 26 heavy (non-hydrogen) atoms. The largest absolute Gasteiger partial charge is 0.497 e. The lowest BCUT2D eigenvalue weighted by Gasteiger charge is -2.16. The van der Waals surface area contributed by atoms with Crippen LogP contribution in [-0.2, 0) is 6.54 Å². The maximum atomic E-state index is 14.2. The average molecular weight is 353 g/mol. The maximum Gasteiger partial charge on any atom is 0.131 e. The van der Waals surface area contributed by atoms with Gasteiger partial charge in [-0.2, -0.15) is 0 Å². The second kappa shape index (κ2) is 8.11. The molecule has 0 heterocycles. The first-order valence-corrected chi connectivity index (χ1v) is 8.48. The van der Waals surface area contributed by atoms with Gasteiger partial charge in [-0.05, 0) is 60.0 Å². The summed E-state index contributed by atoms with van der Waals surface area (Å²) in [5.74, 6) is 0.164. The number of methoxy groups -OCH3 is 1. The molecule has 1 N–H and O–H groups in total. The molecular weight excluding hydrogens is 332 g/mol. The molecule has 0 aromatic heterocycles. The highest BCUT2D eigenvalue weighted by Gasteiger charge is 2.09. The molecule has 3 aromatic carbocycles. The Hall–Kier alpha value is -2.72. The van der Waals surface area contributed by atoms with Crippen molar-refractivity contribution in [2.75, 3.05) is 7.11 Å². The fourth-order valence-corrected chi connectivity index (χ4v) is 2.83. The quantitative estimate of drug-likeness (QED) is 0.632. The van der Waals surface area contributed by atoms with Gasteiger partial charge in [0.25, 0.3) is 0 Å². The van der Waals surface area contributed by atoms with Gasteiger partial charge in [0.15, 0.2) is 0 Å². The first-order chi connectivity index (χ1) is 12.6. The zero-order valence-corrected chi connectivity index (χ0v) is 14.8. The fraction of sp³-hybridized carbons (Fsp3) is 0.182. The monoisotopic (exact) mass is 353 g/mol. The molecule has 3 aromatic rings. The van der Waals surface area contributed by atoms with Crippen LogP contribution in [0, 0.1) is 11.6 Å². The number of halogens is 2. The molecule has 2 nitrogen and oxygen atoms in total. The van der Waals surface area contributed by atoms with Crippen LogP contribution in [0.15, 0.2) is 66.7 Å². The number of ether oxygens (including phenoxy) is 1. The molecule has 0 radical (unpaired) electrons. The van der Waals surface area contributed by atoms with Crippen LogP contribution in [0.2, 0.25) is 0 Å². The normalized spacial score (nSPS) is 12.0. The number of benzene rings is 3. The van der Waals surface area contributed by atoms with Crippen LogP contribution < -0.4 is 10.1 Å². The molecule has 0 spiro atoms. The minimum Gasteiger partial charge on any atom is -0.497 e. The van der Waals surface area contributed by atoms with E-state index in [0.717, 1.165) is 16.9 Å². The van der Waals surface area contributed by atoms with Gasteiger partial charge < -0.3 is 10.1 Å². The van der Waals surface area contributed by atoms with Crippen LogP contribution in [-0.4, -0.2) is 7.11 Å². The predicted octanol–water partition coefficient (Wildman–Crippen LogP) is 5.49. The standard InChI is InChI=1S/C22H21F2NO/c1-15(18-4-3-5-20(13-18)26-2)25-14-16-6-11-22(24)21(12-16)17-7-9-19(23)10-8-17/h3-13,15,25H,14H2,1-2H3. The lowest BCUT2D eigenvalue weighted by molar-refractivity contribution is 0.413. The van der Waals surface area contributed by atoms with E-state index >= 15 is 0 Å². The fourth-order valence-electron chi connectivity index (χ4n) is 2.83. The smallest absolute Gasteiger partial charge is 0.131 e. The molecule has 0 aliphatic carbocycles. The summed E-state index contributed by atoms with van der Waals surface area (Å²) in [4.78, 5) is 0. The van der Waals surface area contributed by atoms with Gasteiger partial charge in [-0.1, -0.05) is 30.3 Å². The van der Waals surface area contributed by atoms with Crippen molar-refractivity contribution in [2.24, 2.45) is 0 Å². The number of hydrogen-bond acceptors (Lipinski definition) is 2. The van der Waals surface area contributed by atoms with Gasteiger partial charge in [0.2, 0.25) is 0 Å². The molecular formula is C22H21F2NO. The third-order valence-corrected chi connectivity index (χ3v) is 4.39. The van der Waals surface area contributed by atoms with Crippen LogP contribution in [0.3, 0.4) is 0 Å². The van der Waals surface area contributed by atoms with E-state index < -0.39 is 0 Å². The minimum absolute atomic E-state index is 0.115. The molecule has 0 saturated carbocycles. The third-order valence-electron chi connectivity index (χ3n) is 4.39. The van der Waals surface area contributed by atoms with Gasteiger partial charge >= 0.3 is 0 Å². The van der Waals surface area contributed by atoms with Crippen molar-refractivity contribution in [3.05, 3.63) is 89.5 Å². The van der Waals surface area contributed by atoms with Crippen LogP contribution >= 0.6 is 0 Å². The Balaban J connectivity index is 1.74. The lowest BCUT2D eigenvalue weighted by atomic mass is 10.0. The summed E-state index contributed by atoms with van der Waals surface area (Å²) < 4.78 is 32.5. The molecule has 0 amide bonds. The predicted molar refractivity (Wildman–Crippen MR) is 100 cm³/mol. The molecule has 1 unspecified atom stereocenters. The van der Waals surface area contributed by atoms with Crippen molar-refractivity contribution in [3.63, 3.8) is 0 Å². The van der Waals surface area contributed by atoms with E-state index in [1.165, 1.54) is 18.2 Å². The number of nitrogens with one attached hydrogen (secondary N) is 1. The Labute approximate surface area is 152 Å². The van der Waals surface area contributed by atoms with Crippen LogP contribution in [0.4, 0.5) is 8.78 Å². The second-order valence-corrected chi connectivity index (χ2v) is 6.20. The second-order valence-electron chi connectivity index (χ2n) is 6.20. The van der Waals surface area contributed by atoms with Crippen molar-refractivity contribution >= 4 is 0 Å². The van der Waals surface area contributed by atoms with Gasteiger partial charge in [-0.3, -0.25) is 0 Å². The third kappa shape index (κ3) is 4.27. The SMILES string of the molecule is COc1cccc(C(C)NCc2ccc(F)c(-c3ccc(F)cc3)c2)c1. The molecule has 0 fully saturated rings. The number of hydrogen-bond donors (Lipinski definition) is 1. The Morgan fingerprint density at radius 3 is 2.46 bits per heavy atom. The summed E-state index contributed by atoms with van der Waals surface area (Å²) in [6.07, 6.45) is 0. The first kappa shape index (κ1) is 18.1. The van der Waals surface area contributed by atoms with E-state index in [9.17, 15) is 8.78 Å². The Morgan fingerprint density at radius 1 is 0.962 bits per heavy atom. The highest BCUT2D eigenvalue weighted by atomic mass is 19.1.